The lowest BCUT2D eigenvalue weighted by Gasteiger charge is -2.15. The van der Waals surface area contributed by atoms with Gasteiger partial charge in [-0.05, 0) is 25.7 Å². The van der Waals surface area contributed by atoms with E-state index in [0.29, 0.717) is 11.7 Å². The highest BCUT2D eigenvalue weighted by molar-refractivity contribution is 5.00. The quantitative estimate of drug-likeness (QED) is 0.818. The largest absolute Gasteiger partial charge is 0.392 e. The van der Waals surface area contributed by atoms with E-state index in [2.05, 4.69) is 10.1 Å². The van der Waals surface area contributed by atoms with Crippen LogP contribution in [-0.4, -0.2) is 28.0 Å². The van der Waals surface area contributed by atoms with Gasteiger partial charge in [0.15, 0.2) is 0 Å². The van der Waals surface area contributed by atoms with Crippen molar-refractivity contribution in [3.05, 3.63) is 11.7 Å². The Morgan fingerprint density at radius 2 is 1.94 bits per heavy atom. The van der Waals surface area contributed by atoms with Gasteiger partial charge < -0.3 is 14.4 Å². The summed E-state index contributed by atoms with van der Waals surface area (Å²) in [6.45, 7) is 0.778. The summed E-state index contributed by atoms with van der Waals surface area (Å²) in [7, 11) is 0. The maximum absolute atomic E-state index is 10.1. The van der Waals surface area contributed by atoms with Crippen LogP contribution in [0.15, 0.2) is 4.52 Å². The standard InChI is InChI=1S/C13H20N2O3/c16-10-6-3-1-2-5-9(10)13-14-12(15-18-13)11-7-4-8-17-11/h9-11,16H,1-8H2. The zero-order valence-corrected chi connectivity index (χ0v) is 10.5. The lowest BCUT2D eigenvalue weighted by Crippen LogP contribution is -2.17. The number of aliphatic hydroxyl groups is 1. The van der Waals surface area contributed by atoms with Crippen molar-refractivity contribution in [2.45, 2.75) is 63.1 Å². The average molecular weight is 252 g/mol. The number of rotatable bonds is 2. The summed E-state index contributed by atoms with van der Waals surface area (Å²) in [5.41, 5.74) is 0. The van der Waals surface area contributed by atoms with Crippen LogP contribution in [0.4, 0.5) is 0 Å². The molecule has 3 atom stereocenters. The molecule has 2 aliphatic rings. The van der Waals surface area contributed by atoms with Gasteiger partial charge in [0.1, 0.15) is 6.10 Å². The highest BCUT2D eigenvalue weighted by Crippen LogP contribution is 2.33. The van der Waals surface area contributed by atoms with Gasteiger partial charge in [0.25, 0.3) is 0 Å². The summed E-state index contributed by atoms with van der Waals surface area (Å²) >= 11 is 0. The molecule has 0 bridgehead atoms. The molecule has 0 spiro atoms. The number of nitrogens with zero attached hydrogens (tertiary/aromatic N) is 2. The molecule has 0 aromatic carbocycles. The fourth-order valence-electron chi connectivity index (χ4n) is 2.89. The number of hydrogen-bond acceptors (Lipinski definition) is 5. The molecule has 1 aliphatic carbocycles. The van der Waals surface area contributed by atoms with Gasteiger partial charge in [0, 0.05) is 6.61 Å². The van der Waals surface area contributed by atoms with E-state index in [1.807, 2.05) is 0 Å². The molecule has 3 rings (SSSR count). The molecule has 0 amide bonds. The van der Waals surface area contributed by atoms with Gasteiger partial charge in [-0.3, -0.25) is 0 Å². The van der Waals surface area contributed by atoms with Gasteiger partial charge in [-0.1, -0.05) is 24.4 Å². The number of ether oxygens (including phenoxy) is 1. The summed E-state index contributed by atoms with van der Waals surface area (Å²) in [4.78, 5) is 4.45. The summed E-state index contributed by atoms with van der Waals surface area (Å²) in [6, 6.07) is 0. The minimum atomic E-state index is -0.342. The first kappa shape index (κ1) is 12.1. The van der Waals surface area contributed by atoms with E-state index < -0.39 is 0 Å². The second-order valence-electron chi connectivity index (χ2n) is 5.30. The van der Waals surface area contributed by atoms with Crippen LogP contribution < -0.4 is 0 Å². The third-order valence-electron chi connectivity index (χ3n) is 3.97. The minimum absolute atomic E-state index is 0.00887. The first-order valence-electron chi connectivity index (χ1n) is 6.98. The zero-order valence-electron chi connectivity index (χ0n) is 10.5. The van der Waals surface area contributed by atoms with Crippen LogP contribution >= 0.6 is 0 Å². The highest BCUT2D eigenvalue weighted by Gasteiger charge is 2.30. The van der Waals surface area contributed by atoms with Crippen LogP contribution in [0.2, 0.25) is 0 Å². The second-order valence-corrected chi connectivity index (χ2v) is 5.30. The Bertz CT molecular complexity index is 387. The first-order valence-corrected chi connectivity index (χ1v) is 6.98. The Hall–Kier alpha value is -0.940. The zero-order chi connectivity index (χ0) is 12.4. The van der Waals surface area contributed by atoms with E-state index >= 15 is 0 Å². The molecule has 1 N–H and O–H groups in total. The molecular weight excluding hydrogens is 232 g/mol. The molecule has 1 aromatic heterocycles. The lowest BCUT2D eigenvalue weighted by molar-refractivity contribution is 0.102. The predicted octanol–water partition coefficient (Wildman–Crippen LogP) is 2.33. The maximum atomic E-state index is 10.1. The van der Waals surface area contributed by atoms with Crippen LogP contribution in [0.25, 0.3) is 0 Å². The van der Waals surface area contributed by atoms with Gasteiger partial charge in [-0.2, -0.15) is 4.98 Å². The van der Waals surface area contributed by atoms with E-state index in [4.69, 9.17) is 9.26 Å². The highest BCUT2D eigenvalue weighted by atomic mass is 16.5. The normalized spacial score (nSPS) is 33.5. The Balaban J connectivity index is 1.74. The Labute approximate surface area is 107 Å². The molecule has 100 valence electrons. The first-order chi connectivity index (χ1) is 8.84. The minimum Gasteiger partial charge on any atom is -0.392 e. The second kappa shape index (κ2) is 5.36. The van der Waals surface area contributed by atoms with E-state index in [0.717, 1.165) is 45.1 Å². The van der Waals surface area contributed by atoms with Gasteiger partial charge in [0.05, 0.1) is 12.0 Å². The molecule has 5 nitrogen and oxygen atoms in total. The van der Waals surface area contributed by atoms with Crippen LogP contribution in [0.5, 0.6) is 0 Å². The summed E-state index contributed by atoms with van der Waals surface area (Å²) in [5, 5.41) is 14.1. The van der Waals surface area contributed by atoms with Gasteiger partial charge in [0.2, 0.25) is 11.7 Å². The van der Waals surface area contributed by atoms with E-state index in [1.54, 1.807) is 0 Å². The Kier molecular flexibility index (Phi) is 3.61. The number of aromatic nitrogens is 2. The molecule has 1 aromatic rings. The van der Waals surface area contributed by atoms with Crippen molar-refractivity contribution < 1.29 is 14.4 Å². The molecule has 1 saturated heterocycles. The van der Waals surface area contributed by atoms with E-state index in [9.17, 15) is 5.11 Å². The van der Waals surface area contributed by atoms with Gasteiger partial charge in [-0.15, -0.1) is 0 Å². The molecule has 2 heterocycles. The van der Waals surface area contributed by atoms with E-state index in [1.165, 1.54) is 6.42 Å². The van der Waals surface area contributed by atoms with Crippen LogP contribution in [0.1, 0.15) is 68.7 Å². The summed E-state index contributed by atoms with van der Waals surface area (Å²) < 4.78 is 10.9. The SMILES string of the molecule is OC1CCCCCC1c1nc(C2CCCO2)no1. The van der Waals surface area contributed by atoms with Crippen molar-refractivity contribution in [2.75, 3.05) is 6.61 Å². The Morgan fingerprint density at radius 3 is 2.78 bits per heavy atom. The van der Waals surface area contributed by atoms with Crippen molar-refractivity contribution in [1.29, 1.82) is 0 Å². The van der Waals surface area contributed by atoms with Gasteiger partial charge in [-0.25, -0.2) is 0 Å². The molecule has 0 radical (unpaired) electrons. The van der Waals surface area contributed by atoms with Crippen LogP contribution in [-0.2, 0) is 4.74 Å². The lowest BCUT2D eigenvalue weighted by atomic mass is 9.97. The molecule has 5 heteroatoms. The average Bonchev–Trinajstić information content (AvgIpc) is 3.00. The molecule has 18 heavy (non-hydrogen) atoms. The van der Waals surface area contributed by atoms with Crippen molar-refractivity contribution in [2.24, 2.45) is 0 Å². The third kappa shape index (κ3) is 2.42. The molecule has 2 fully saturated rings. The molecule has 1 aliphatic heterocycles. The topological polar surface area (TPSA) is 68.4 Å². The van der Waals surface area contributed by atoms with Crippen molar-refractivity contribution in [3.8, 4) is 0 Å². The third-order valence-corrected chi connectivity index (χ3v) is 3.97. The molecule has 3 unspecified atom stereocenters. The summed E-state index contributed by atoms with van der Waals surface area (Å²) in [5.74, 6) is 1.25. The van der Waals surface area contributed by atoms with Crippen molar-refractivity contribution in [3.63, 3.8) is 0 Å². The van der Waals surface area contributed by atoms with Gasteiger partial charge >= 0.3 is 0 Å². The fourth-order valence-corrected chi connectivity index (χ4v) is 2.89. The van der Waals surface area contributed by atoms with Crippen molar-refractivity contribution in [1.82, 2.24) is 10.1 Å². The number of hydrogen-bond donors (Lipinski definition) is 1. The fraction of sp³-hybridized carbons (Fsp3) is 0.846. The maximum Gasteiger partial charge on any atom is 0.232 e. The molecule has 1 saturated carbocycles. The predicted molar refractivity (Wildman–Crippen MR) is 64.1 cm³/mol. The number of aliphatic hydroxyl groups excluding tert-OH is 1. The Morgan fingerprint density at radius 1 is 1.06 bits per heavy atom. The van der Waals surface area contributed by atoms with Crippen LogP contribution in [0, 0.1) is 0 Å². The monoisotopic (exact) mass is 252 g/mol. The van der Waals surface area contributed by atoms with Crippen LogP contribution in [0.3, 0.4) is 0 Å². The smallest absolute Gasteiger partial charge is 0.232 e. The van der Waals surface area contributed by atoms with Crippen molar-refractivity contribution >= 4 is 0 Å². The molecular formula is C13H20N2O3. The van der Waals surface area contributed by atoms with E-state index in [-0.39, 0.29) is 18.1 Å². The summed E-state index contributed by atoms with van der Waals surface area (Å²) in [6.07, 6.45) is 6.84.